The van der Waals surface area contributed by atoms with Crippen molar-refractivity contribution in [2.45, 2.75) is 18.7 Å². The predicted octanol–water partition coefficient (Wildman–Crippen LogP) is 2.18. The molecule has 4 nitrogen and oxygen atoms in total. The van der Waals surface area contributed by atoms with Crippen LogP contribution in [0.3, 0.4) is 0 Å². The van der Waals surface area contributed by atoms with E-state index in [9.17, 15) is 13.9 Å². The number of aliphatic hydroxyl groups is 1. The molecular formula is C14H15F2N3O. The highest BCUT2D eigenvalue weighted by Gasteiger charge is 2.26. The number of H-pyrrole nitrogens is 1. The summed E-state index contributed by atoms with van der Waals surface area (Å²) in [6, 6.07) is 4.14. The first kappa shape index (κ1) is 13.1. The van der Waals surface area contributed by atoms with E-state index in [1.807, 2.05) is 0 Å². The van der Waals surface area contributed by atoms with Crippen LogP contribution in [0, 0.1) is 5.82 Å². The monoisotopic (exact) mass is 279 g/mol. The second-order valence-electron chi connectivity index (χ2n) is 4.91. The Labute approximate surface area is 115 Å². The van der Waals surface area contributed by atoms with Crippen LogP contribution in [0.15, 0.2) is 30.6 Å². The van der Waals surface area contributed by atoms with Crippen LogP contribution in [0.5, 0.6) is 0 Å². The summed E-state index contributed by atoms with van der Waals surface area (Å²) in [5.74, 6) is -0.0217. The molecule has 2 N–H and O–H groups in total. The van der Waals surface area contributed by atoms with Crippen LogP contribution in [0.1, 0.15) is 23.9 Å². The Balaban J connectivity index is 1.98. The molecule has 6 heteroatoms. The number of imidazole rings is 1. The van der Waals surface area contributed by atoms with E-state index in [0.717, 1.165) is 0 Å². The molecule has 1 aromatic heterocycles. The number of alkyl halides is 1. The molecule has 2 heterocycles. The summed E-state index contributed by atoms with van der Waals surface area (Å²) < 4.78 is 26.8. The maximum atomic E-state index is 13.5. The number of nitrogens with one attached hydrogen (secondary N) is 1. The van der Waals surface area contributed by atoms with Crippen molar-refractivity contribution >= 4 is 5.69 Å². The van der Waals surface area contributed by atoms with Gasteiger partial charge in [-0.2, -0.15) is 0 Å². The van der Waals surface area contributed by atoms with E-state index < -0.39 is 18.1 Å². The van der Waals surface area contributed by atoms with Crippen LogP contribution < -0.4 is 4.90 Å². The standard InChI is InChI=1S/C14H15F2N3O/c15-9-1-2-11(13(20)14-17-4-5-18-14)12(7-9)19-6-3-10(16)8-19/h1-2,4-5,7,10,13,20H,3,6,8H2,(H,17,18)/t10-,13?/m1/s1. The van der Waals surface area contributed by atoms with E-state index in [1.165, 1.54) is 24.4 Å². The van der Waals surface area contributed by atoms with Gasteiger partial charge in [0, 0.05) is 36.7 Å². The lowest BCUT2D eigenvalue weighted by atomic mass is 10.1. The third-order valence-corrected chi connectivity index (χ3v) is 3.54. The number of hydrogen-bond donors (Lipinski definition) is 2. The lowest BCUT2D eigenvalue weighted by Crippen LogP contribution is -2.22. The summed E-state index contributed by atoms with van der Waals surface area (Å²) in [5.41, 5.74) is 1.05. The van der Waals surface area contributed by atoms with Gasteiger partial charge in [-0.25, -0.2) is 13.8 Å². The average Bonchev–Trinajstić information content (AvgIpc) is 3.09. The molecule has 1 aliphatic heterocycles. The Morgan fingerprint density at radius 3 is 2.95 bits per heavy atom. The second-order valence-corrected chi connectivity index (χ2v) is 4.91. The molecule has 1 unspecified atom stereocenters. The van der Waals surface area contributed by atoms with Gasteiger partial charge in [0.25, 0.3) is 0 Å². The number of halogens is 2. The van der Waals surface area contributed by atoms with Crippen LogP contribution in [0.2, 0.25) is 0 Å². The topological polar surface area (TPSA) is 52.2 Å². The van der Waals surface area contributed by atoms with Crippen molar-refractivity contribution in [3.8, 4) is 0 Å². The number of aromatic nitrogens is 2. The molecule has 3 rings (SSSR count). The molecule has 2 aromatic rings. The average molecular weight is 279 g/mol. The third-order valence-electron chi connectivity index (χ3n) is 3.54. The minimum Gasteiger partial charge on any atom is -0.380 e. The third kappa shape index (κ3) is 2.38. The van der Waals surface area contributed by atoms with Crippen LogP contribution in [0.25, 0.3) is 0 Å². The molecule has 1 fully saturated rings. The van der Waals surface area contributed by atoms with E-state index in [0.29, 0.717) is 30.0 Å². The maximum Gasteiger partial charge on any atom is 0.139 e. The van der Waals surface area contributed by atoms with Crippen molar-refractivity contribution in [2.24, 2.45) is 0 Å². The molecule has 1 aliphatic rings. The summed E-state index contributed by atoms with van der Waals surface area (Å²) in [6.07, 6.45) is 1.67. The molecule has 1 saturated heterocycles. The summed E-state index contributed by atoms with van der Waals surface area (Å²) >= 11 is 0. The molecule has 0 spiro atoms. The summed E-state index contributed by atoms with van der Waals surface area (Å²) in [4.78, 5) is 8.59. The first-order valence-electron chi connectivity index (χ1n) is 6.51. The molecule has 0 amide bonds. The van der Waals surface area contributed by atoms with E-state index in [1.54, 1.807) is 11.1 Å². The van der Waals surface area contributed by atoms with Gasteiger partial charge in [-0.05, 0) is 18.6 Å². The zero-order chi connectivity index (χ0) is 14.1. The number of hydrogen-bond acceptors (Lipinski definition) is 3. The number of benzene rings is 1. The van der Waals surface area contributed by atoms with E-state index in [4.69, 9.17) is 0 Å². The van der Waals surface area contributed by atoms with Crippen molar-refractivity contribution in [1.82, 2.24) is 9.97 Å². The van der Waals surface area contributed by atoms with Gasteiger partial charge in [0.15, 0.2) is 0 Å². The largest absolute Gasteiger partial charge is 0.380 e. The molecular weight excluding hydrogens is 264 g/mol. The highest BCUT2D eigenvalue weighted by molar-refractivity contribution is 5.56. The molecule has 1 aromatic carbocycles. The summed E-state index contributed by atoms with van der Waals surface area (Å²) in [5, 5.41) is 10.3. The fourth-order valence-electron chi connectivity index (χ4n) is 2.53. The van der Waals surface area contributed by atoms with Crippen molar-refractivity contribution in [3.05, 3.63) is 47.8 Å². The highest BCUT2D eigenvalue weighted by atomic mass is 19.1. The minimum absolute atomic E-state index is 0.224. The molecule has 0 bridgehead atoms. The van der Waals surface area contributed by atoms with Gasteiger partial charge < -0.3 is 15.0 Å². The Morgan fingerprint density at radius 2 is 2.30 bits per heavy atom. The van der Waals surface area contributed by atoms with Gasteiger partial charge >= 0.3 is 0 Å². The van der Waals surface area contributed by atoms with Crippen LogP contribution in [0.4, 0.5) is 14.5 Å². The van der Waals surface area contributed by atoms with Gasteiger partial charge in [-0.15, -0.1) is 0 Å². The first-order chi connectivity index (χ1) is 9.65. The molecule has 20 heavy (non-hydrogen) atoms. The zero-order valence-corrected chi connectivity index (χ0v) is 10.8. The minimum atomic E-state index is -0.987. The van der Waals surface area contributed by atoms with Crippen LogP contribution in [-0.2, 0) is 0 Å². The second kappa shape index (κ2) is 5.20. The molecule has 0 saturated carbocycles. The van der Waals surface area contributed by atoms with Crippen molar-refractivity contribution in [2.75, 3.05) is 18.0 Å². The zero-order valence-electron chi connectivity index (χ0n) is 10.8. The fourth-order valence-corrected chi connectivity index (χ4v) is 2.53. The number of aromatic amines is 1. The highest BCUT2D eigenvalue weighted by Crippen LogP contribution is 2.32. The summed E-state index contributed by atoms with van der Waals surface area (Å²) in [6.45, 7) is 0.740. The SMILES string of the molecule is OC(c1ncc[nH]1)c1ccc(F)cc1N1CC[C@@H](F)C1. The van der Waals surface area contributed by atoms with Gasteiger partial charge in [0.1, 0.15) is 23.9 Å². The smallest absolute Gasteiger partial charge is 0.139 e. The predicted molar refractivity (Wildman–Crippen MR) is 70.8 cm³/mol. The molecule has 2 atom stereocenters. The molecule has 0 radical (unpaired) electrons. The Bertz CT molecular complexity index is 588. The number of rotatable bonds is 3. The van der Waals surface area contributed by atoms with Crippen molar-refractivity contribution in [1.29, 1.82) is 0 Å². The fraction of sp³-hybridized carbons (Fsp3) is 0.357. The molecule has 0 aliphatic carbocycles. The first-order valence-corrected chi connectivity index (χ1v) is 6.51. The number of anilines is 1. The molecule has 106 valence electrons. The summed E-state index contributed by atoms with van der Waals surface area (Å²) in [7, 11) is 0. The lowest BCUT2D eigenvalue weighted by Gasteiger charge is -2.23. The maximum absolute atomic E-state index is 13.5. The van der Waals surface area contributed by atoms with E-state index in [-0.39, 0.29) is 6.54 Å². The van der Waals surface area contributed by atoms with Crippen molar-refractivity contribution in [3.63, 3.8) is 0 Å². The Kier molecular flexibility index (Phi) is 3.40. The lowest BCUT2D eigenvalue weighted by molar-refractivity contribution is 0.211. The van der Waals surface area contributed by atoms with E-state index in [2.05, 4.69) is 9.97 Å². The van der Waals surface area contributed by atoms with E-state index >= 15 is 0 Å². The number of nitrogens with zero attached hydrogens (tertiary/aromatic N) is 2. The van der Waals surface area contributed by atoms with Gasteiger partial charge in [0.2, 0.25) is 0 Å². The number of aliphatic hydroxyl groups excluding tert-OH is 1. The quantitative estimate of drug-likeness (QED) is 0.905. The van der Waals surface area contributed by atoms with Crippen LogP contribution in [-0.4, -0.2) is 34.3 Å². The Hall–Kier alpha value is -1.95. The van der Waals surface area contributed by atoms with Crippen molar-refractivity contribution < 1.29 is 13.9 Å². The van der Waals surface area contributed by atoms with Gasteiger partial charge in [-0.1, -0.05) is 6.07 Å². The Morgan fingerprint density at radius 1 is 1.45 bits per heavy atom. The normalized spacial score (nSPS) is 20.4. The van der Waals surface area contributed by atoms with Gasteiger partial charge in [-0.3, -0.25) is 0 Å². The van der Waals surface area contributed by atoms with Gasteiger partial charge in [0.05, 0.1) is 0 Å². The van der Waals surface area contributed by atoms with Crippen LogP contribution >= 0.6 is 0 Å².